The Labute approximate surface area is 82.2 Å². The van der Waals surface area contributed by atoms with Crippen molar-refractivity contribution in [3.8, 4) is 0 Å². The van der Waals surface area contributed by atoms with Gasteiger partial charge in [-0.05, 0) is 0 Å². The Balaban J connectivity index is 0.000000500. The van der Waals surface area contributed by atoms with Crippen LogP contribution in [0.25, 0.3) is 9.78 Å². The van der Waals surface area contributed by atoms with E-state index in [1.807, 2.05) is 0 Å². The number of fused-ring (bicyclic) bond motifs is 1. The van der Waals surface area contributed by atoms with Crippen LogP contribution in [0.1, 0.15) is 0 Å². The van der Waals surface area contributed by atoms with Gasteiger partial charge in [0.2, 0.25) is 0 Å². The summed E-state index contributed by atoms with van der Waals surface area (Å²) in [6.07, 6.45) is 0. The summed E-state index contributed by atoms with van der Waals surface area (Å²) in [6, 6.07) is 8.43. The number of aromatic nitrogens is 1. The third-order valence-electron chi connectivity index (χ3n) is 1.29. The van der Waals surface area contributed by atoms with E-state index in [2.05, 4.69) is 34.3 Å². The molecule has 0 saturated heterocycles. The number of H-pyrrole nitrogens is 1. The SMILES string of the molecule is [I-].c1ccc2[se]c[nH+]c2c1. The first kappa shape index (κ1) is 8.24. The van der Waals surface area contributed by atoms with Crippen molar-refractivity contribution in [1.29, 1.82) is 0 Å². The Kier molecular flexibility index (Phi) is 2.89. The molecule has 3 heteroatoms. The van der Waals surface area contributed by atoms with E-state index in [1.54, 1.807) is 0 Å². The zero-order valence-corrected chi connectivity index (χ0v) is 9.04. The van der Waals surface area contributed by atoms with Crippen molar-refractivity contribution in [3.05, 3.63) is 29.3 Å². The monoisotopic (exact) mass is 311 g/mol. The molecule has 0 spiro atoms. The molecule has 0 aliphatic carbocycles. The fourth-order valence-electron chi connectivity index (χ4n) is 0.845. The van der Waals surface area contributed by atoms with Crippen molar-refractivity contribution in [2.75, 3.05) is 0 Å². The molecular weight excluding hydrogens is 304 g/mol. The number of benzene rings is 1. The summed E-state index contributed by atoms with van der Waals surface area (Å²) in [6.45, 7) is 0. The first-order valence-electron chi connectivity index (χ1n) is 2.81. The van der Waals surface area contributed by atoms with E-state index in [9.17, 15) is 0 Å². The summed E-state index contributed by atoms with van der Waals surface area (Å²) in [5.74, 6) is 0. The van der Waals surface area contributed by atoms with E-state index in [0.29, 0.717) is 14.5 Å². The van der Waals surface area contributed by atoms with E-state index in [1.165, 1.54) is 9.78 Å². The second-order valence-electron chi connectivity index (χ2n) is 1.88. The summed E-state index contributed by atoms with van der Waals surface area (Å²) in [4.78, 5) is 3.20. The Morgan fingerprint density at radius 3 is 2.80 bits per heavy atom. The second-order valence-corrected chi connectivity index (χ2v) is 3.79. The molecule has 1 heterocycles. The molecule has 2 aromatic rings. The molecule has 0 unspecified atom stereocenters. The van der Waals surface area contributed by atoms with Crippen LogP contribution in [0.2, 0.25) is 0 Å². The van der Waals surface area contributed by atoms with Crippen molar-refractivity contribution in [2.45, 2.75) is 0 Å². The Morgan fingerprint density at radius 2 is 2.00 bits per heavy atom. The number of hydrogen-bond acceptors (Lipinski definition) is 0. The molecule has 1 aromatic heterocycles. The summed E-state index contributed by atoms with van der Waals surface area (Å²) in [5.41, 5.74) is 1.29. The molecule has 0 amide bonds. The average molecular weight is 310 g/mol. The van der Waals surface area contributed by atoms with Crippen LogP contribution < -0.4 is 29.0 Å². The van der Waals surface area contributed by atoms with E-state index in [0.717, 1.165) is 0 Å². The van der Waals surface area contributed by atoms with Crippen molar-refractivity contribution in [1.82, 2.24) is 0 Å². The number of rotatable bonds is 0. The van der Waals surface area contributed by atoms with Crippen LogP contribution in [0.15, 0.2) is 29.3 Å². The molecule has 1 aromatic carbocycles. The van der Waals surface area contributed by atoms with Crippen LogP contribution in [-0.2, 0) is 0 Å². The number of halogens is 1. The normalized spacial score (nSPS) is 9.20. The molecule has 1 N–H and O–H groups in total. The first-order chi connectivity index (χ1) is 4.47. The predicted octanol–water partition coefficient (Wildman–Crippen LogP) is -2.29. The molecule has 0 aliphatic heterocycles. The zero-order chi connectivity index (χ0) is 6.10. The van der Waals surface area contributed by atoms with Crippen molar-refractivity contribution < 1.29 is 29.0 Å². The first-order valence-corrected chi connectivity index (χ1v) is 4.65. The van der Waals surface area contributed by atoms with Gasteiger partial charge in [0, 0.05) is 0 Å². The number of para-hydroxylation sites is 1. The second kappa shape index (κ2) is 3.51. The molecular formula is C7H6INSe. The summed E-state index contributed by atoms with van der Waals surface area (Å²) >= 11 is 0.566. The molecule has 0 aliphatic rings. The number of nitrogens with one attached hydrogen (secondary N) is 1. The van der Waals surface area contributed by atoms with Gasteiger partial charge >= 0.3 is 58.6 Å². The molecule has 0 atom stereocenters. The minimum atomic E-state index is 0. The summed E-state index contributed by atoms with van der Waals surface area (Å²) in [5, 5.41) is 2.14. The topological polar surface area (TPSA) is 14.1 Å². The van der Waals surface area contributed by atoms with Crippen molar-refractivity contribution in [2.24, 2.45) is 0 Å². The van der Waals surface area contributed by atoms with Crippen LogP contribution in [0.4, 0.5) is 0 Å². The van der Waals surface area contributed by atoms with Gasteiger partial charge in [-0.2, -0.15) is 0 Å². The fourth-order valence-corrected chi connectivity index (χ4v) is 2.36. The molecule has 0 fully saturated rings. The fraction of sp³-hybridized carbons (Fsp3) is 0. The van der Waals surface area contributed by atoms with Crippen LogP contribution >= 0.6 is 0 Å². The number of hydrogen-bond donors (Lipinski definition) is 0. The van der Waals surface area contributed by atoms with Gasteiger partial charge in [0.05, 0.1) is 0 Å². The minimum absolute atomic E-state index is 0. The molecule has 0 radical (unpaired) electrons. The van der Waals surface area contributed by atoms with E-state index >= 15 is 0 Å². The van der Waals surface area contributed by atoms with Crippen LogP contribution in [0.5, 0.6) is 0 Å². The third kappa shape index (κ3) is 1.41. The molecule has 0 saturated carbocycles. The van der Waals surface area contributed by atoms with Crippen LogP contribution in [-0.4, -0.2) is 14.5 Å². The van der Waals surface area contributed by atoms with Crippen molar-refractivity contribution in [3.63, 3.8) is 0 Å². The van der Waals surface area contributed by atoms with Gasteiger partial charge < -0.3 is 24.0 Å². The molecule has 2 rings (SSSR count). The maximum absolute atomic E-state index is 3.20. The van der Waals surface area contributed by atoms with Crippen LogP contribution in [0.3, 0.4) is 0 Å². The third-order valence-corrected chi connectivity index (χ3v) is 3.06. The zero-order valence-electron chi connectivity index (χ0n) is 5.17. The van der Waals surface area contributed by atoms with Gasteiger partial charge in [0.15, 0.2) is 0 Å². The quantitative estimate of drug-likeness (QED) is 0.384. The van der Waals surface area contributed by atoms with Gasteiger partial charge in [0.1, 0.15) is 0 Å². The van der Waals surface area contributed by atoms with E-state index in [-0.39, 0.29) is 24.0 Å². The van der Waals surface area contributed by atoms with Crippen LogP contribution in [0, 0.1) is 0 Å². The standard InChI is InChI=1S/C7H5NSe.HI/c1-2-4-7-6(3-1)8-5-9-7;/h1-5H;1H. The average Bonchev–Trinajstić information content (AvgIpc) is 2.33. The Bertz CT molecular complexity index is 288. The molecule has 10 heavy (non-hydrogen) atoms. The summed E-state index contributed by atoms with van der Waals surface area (Å²) < 4.78 is 1.46. The Morgan fingerprint density at radius 1 is 1.20 bits per heavy atom. The van der Waals surface area contributed by atoms with Gasteiger partial charge in [-0.1, -0.05) is 0 Å². The Hall–Kier alpha value is 0.139. The molecule has 1 nitrogen and oxygen atoms in total. The number of aromatic amines is 1. The van der Waals surface area contributed by atoms with Gasteiger partial charge in [0.25, 0.3) is 0 Å². The van der Waals surface area contributed by atoms with Gasteiger partial charge in [-0.25, -0.2) is 0 Å². The van der Waals surface area contributed by atoms with Crippen molar-refractivity contribution >= 4 is 24.3 Å². The molecule has 52 valence electrons. The molecule has 0 bridgehead atoms. The van der Waals surface area contributed by atoms with Gasteiger partial charge in [-0.15, -0.1) is 0 Å². The van der Waals surface area contributed by atoms with Gasteiger partial charge in [-0.3, -0.25) is 0 Å². The van der Waals surface area contributed by atoms with E-state index in [4.69, 9.17) is 0 Å². The summed E-state index contributed by atoms with van der Waals surface area (Å²) in [7, 11) is 0. The predicted molar refractivity (Wildman–Crippen MR) is 37.4 cm³/mol. The van der Waals surface area contributed by atoms with E-state index < -0.39 is 0 Å². The maximum atomic E-state index is 3.20.